The van der Waals surface area contributed by atoms with Crippen LogP contribution in [-0.2, 0) is 10.0 Å². The van der Waals surface area contributed by atoms with Gasteiger partial charge in [0.05, 0.1) is 5.75 Å². The van der Waals surface area contributed by atoms with Gasteiger partial charge in [-0.2, -0.15) is 0 Å². The molecule has 0 aromatic heterocycles. The molecule has 0 aliphatic carbocycles. The van der Waals surface area contributed by atoms with Crippen LogP contribution in [0.4, 0.5) is 0 Å². The second-order valence-corrected chi connectivity index (χ2v) is 5.33. The van der Waals surface area contributed by atoms with Crippen molar-refractivity contribution in [2.75, 3.05) is 18.8 Å². The van der Waals surface area contributed by atoms with E-state index in [4.69, 9.17) is 0 Å². The van der Waals surface area contributed by atoms with Crippen LogP contribution in [0.25, 0.3) is 0 Å². The molecule has 0 amide bonds. The Morgan fingerprint density at radius 3 is 2.75 bits per heavy atom. The summed E-state index contributed by atoms with van der Waals surface area (Å²) in [5, 5.41) is 0. The highest BCUT2D eigenvalue weighted by atomic mass is 32.2. The van der Waals surface area contributed by atoms with Crippen molar-refractivity contribution in [2.24, 2.45) is 5.92 Å². The van der Waals surface area contributed by atoms with Gasteiger partial charge in [-0.15, -0.1) is 6.58 Å². The minimum absolute atomic E-state index is 0.278. The second kappa shape index (κ2) is 3.58. The molecule has 0 N–H and O–H groups in total. The molecule has 1 aliphatic heterocycles. The Hall–Kier alpha value is -0.350. The van der Waals surface area contributed by atoms with Crippen LogP contribution in [0.15, 0.2) is 12.7 Å². The van der Waals surface area contributed by atoms with Crippen LogP contribution in [0.1, 0.15) is 13.3 Å². The number of nitrogens with zero attached hydrogens (tertiary/aromatic N) is 1. The lowest BCUT2D eigenvalue weighted by Crippen LogP contribution is -2.26. The minimum atomic E-state index is -2.92. The van der Waals surface area contributed by atoms with Crippen molar-refractivity contribution in [1.29, 1.82) is 0 Å². The molecule has 1 saturated heterocycles. The van der Waals surface area contributed by atoms with Crippen molar-refractivity contribution >= 4 is 10.0 Å². The molecule has 1 unspecified atom stereocenters. The molecule has 1 heterocycles. The summed E-state index contributed by atoms with van der Waals surface area (Å²) in [6, 6.07) is 0. The summed E-state index contributed by atoms with van der Waals surface area (Å²) >= 11 is 0. The quantitative estimate of drug-likeness (QED) is 0.617. The summed E-state index contributed by atoms with van der Waals surface area (Å²) in [5.74, 6) is 0.587. The highest BCUT2D eigenvalue weighted by molar-refractivity contribution is 7.89. The molecule has 1 rings (SSSR count). The van der Waals surface area contributed by atoms with Gasteiger partial charge in [0.15, 0.2) is 0 Å². The molecule has 70 valence electrons. The summed E-state index contributed by atoms with van der Waals surface area (Å²) in [5.41, 5.74) is 0. The molecule has 0 spiro atoms. The van der Waals surface area contributed by atoms with Crippen molar-refractivity contribution < 1.29 is 8.42 Å². The maximum Gasteiger partial charge on any atom is 0.214 e. The number of sulfonamides is 1. The molecular formula is C8H15NO2S. The summed E-state index contributed by atoms with van der Waals surface area (Å²) < 4.78 is 24.3. The Morgan fingerprint density at radius 1 is 1.67 bits per heavy atom. The van der Waals surface area contributed by atoms with E-state index in [1.807, 2.05) is 6.92 Å². The Kier molecular flexibility index (Phi) is 2.90. The van der Waals surface area contributed by atoms with E-state index in [1.54, 1.807) is 10.4 Å². The third kappa shape index (κ3) is 2.08. The molecule has 0 bridgehead atoms. The van der Waals surface area contributed by atoms with Gasteiger partial charge in [-0.05, 0) is 12.3 Å². The molecule has 0 aromatic rings. The third-order valence-corrected chi connectivity index (χ3v) is 4.10. The van der Waals surface area contributed by atoms with Crippen molar-refractivity contribution in [3.63, 3.8) is 0 Å². The van der Waals surface area contributed by atoms with E-state index in [0.29, 0.717) is 18.8 Å². The minimum Gasteiger partial charge on any atom is -0.212 e. The molecule has 1 atom stereocenters. The fraction of sp³-hybridized carbons (Fsp3) is 0.750. The Morgan fingerprint density at radius 2 is 2.33 bits per heavy atom. The predicted octanol–water partition coefficient (Wildman–Crippen LogP) is 0.844. The average Bonchev–Trinajstić information content (AvgIpc) is 2.20. The zero-order valence-electron chi connectivity index (χ0n) is 7.36. The van der Waals surface area contributed by atoms with E-state index in [9.17, 15) is 8.42 Å². The summed E-state index contributed by atoms with van der Waals surface area (Å²) in [7, 11) is -2.92. The fourth-order valence-electron chi connectivity index (χ4n) is 1.44. The third-order valence-electron chi connectivity index (χ3n) is 1.99. The normalized spacial score (nSPS) is 28.9. The Labute approximate surface area is 74.1 Å². The predicted molar refractivity (Wildman–Crippen MR) is 49.3 cm³/mol. The largest absolute Gasteiger partial charge is 0.214 e. The van der Waals surface area contributed by atoms with E-state index in [2.05, 4.69) is 6.58 Å². The standard InChI is InChI=1S/C8H15NO2S/c1-3-4-5-9-6-8(2)7-12(9,10)11/h3,8H,1,4-7H2,2H3. The molecule has 0 radical (unpaired) electrons. The van der Waals surface area contributed by atoms with Crippen LogP contribution in [0.2, 0.25) is 0 Å². The van der Waals surface area contributed by atoms with E-state index < -0.39 is 10.0 Å². The average molecular weight is 189 g/mol. The maximum atomic E-state index is 11.4. The van der Waals surface area contributed by atoms with Gasteiger partial charge < -0.3 is 0 Å². The van der Waals surface area contributed by atoms with Crippen molar-refractivity contribution in [3.05, 3.63) is 12.7 Å². The smallest absolute Gasteiger partial charge is 0.212 e. The van der Waals surface area contributed by atoms with Crippen LogP contribution in [0.5, 0.6) is 0 Å². The molecule has 3 nitrogen and oxygen atoms in total. The number of hydrogen-bond acceptors (Lipinski definition) is 2. The van der Waals surface area contributed by atoms with Crippen LogP contribution in [0.3, 0.4) is 0 Å². The Balaban J connectivity index is 2.59. The van der Waals surface area contributed by atoms with Gasteiger partial charge in [0.25, 0.3) is 0 Å². The van der Waals surface area contributed by atoms with Gasteiger partial charge in [0.2, 0.25) is 10.0 Å². The van der Waals surface area contributed by atoms with Gasteiger partial charge in [-0.1, -0.05) is 13.0 Å². The first kappa shape index (κ1) is 9.74. The lowest BCUT2D eigenvalue weighted by molar-refractivity contribution is 0.420. The van der Waals surface area contributed by atoms with Crippen molar-refractivity contribution in [3.8, 4) is 0 Å². The highest BCUT2D eigenvalue weighted by Crippen LogP contribution is 2.18. The van der Waals surface area contributed by atoms with Crippen LogP contribution < -0.4 is 0 Å². The number of hydrogen-bond donors (Lipinski definition) is 0. The molecule has 12 heavy (non-hydrogen) atoms. The topological polar surface area (TPSA) is 37.4 Å². The van der Waals surface area contributed by atoms with Gasteiger partial charge in [-0.25, -0.2) is 12.7 Å². The van der Waals surface area contributed by atoms with Crippen LogP contribution in [0, 0.1) is 5.92 Å². The van der Waals surface area contributed by atoms with E-state index in [1.165, 1.54) is 0 Å². The van der Waals surface area contributed by atoms with Gasteiger partial charge in [0, 0.05) is 13.1 Å². The highest BCUT2D eigenvalue weighted by Gasteiger charge is 2.32. The van der Waals surface area contributed by atoms with Gasteiger partial charge in [-0.3, -0.25) is 0 Å². The monoisotopic (exact) mass is 189 g/mol. The first-order valence-corrected chi connectivity index (χ1v) is 5.76. The molecule has 0 saturated carbocycles. The maximum absolute atomic E-state index is 11.4. The van der Waals surface area contributed by atoms with Crippen LogP contribution >= 0.6 is 0 Å². The zero-order valence-corrected chi connectivity index (χ0v) is 8.18. The van der Waals surface area contributed by atoms with E-state index in [0.717, 1.165) is 6.42 Å². The SMILES string of the molecule is C=CCCN1CC(C)CS1(=O)=O. The Bertz CT molecular complexity index is 258. The van der Waals surface area contributed by atoms with E-state index >= 15 is 0 Å². The van der Waals surface area contributed by atoms with Crippen molar-refractivity contribution in [2.45, 2.75) is 13.3 Å². The van der Waals surface area contributed by atoms with E-state index in [-0.39, 0.29) is 5.92 Å². The molecule has 0 aromatic carbocycles. The van der Waals surface area contributed by atoms with Crippen molar-refractivity contribution in [1.82, 2.24) is 4.31 Å². The number of rotatable bonds is 3. The first-order valence-electron chi connectivity index (χ1n) is 4.15. The lowest BCUT2D eigenvalue weighted by atomic mass is 10.2. The molecule has 1 aliphatic rings. The fourth-order valence-corrected chi connectivity index (χ4v) is 3.35. The van der Waals surface area contributed by atoms with Gasteiger partial charge >= 0.3 is 0 Å². The van der Waals surface area contributed by atoms with Crippen LogP contribution in [-0.4, -0.2) is 31.6 Å². The molecule has 1 fully saturated rings. The summed E-state index contributed by atoms with van der Waals surface area (Å²) in [6.07, 6.45) is 2.49. The lowest BCUT2D eigenvalue weighted by Gasteiger charge is -2.12. The zero-order chi connectivity index (χ0) is 9.19. The second-order valence-electron chi connectivity index (χ2n) is 3.32. The molecule has 4 heteroatoms. The summed E-state index contributed by atoms with van der Waals surface area (Å²) in [6.45, 7) is 6.80. The van der Waals surface area contributed by atoms with Gasteiger partial charge in [0.1, 0.15) is 0 Å². The summed E-state index contributed by atoms with van der Waals surface area (Å²) in [4.78, 5) is 0. The first-order chi connectivity index (χ1) is 5.56. The molecular weight excluding hydrogens is 174 g/mol.